The molecule has 5 rings (SSSR count). The van der Waals surface area contributed by atoms with Crippen molar-refractivity contribution in [2.75, 3.05) is 17.6 Å². The molecule has 3 heterocycles. The summed E-state index contributed by atoms with van der Waals surface area (Å²) in [4.78, 5) is 39.7. The second-order valence-corrected chi connectivity index (χ2v) is 9.26. The Morgan fingerprint density at radius 3 is 2.88 bits per heavy atom. The molecule has 10 heteroatoms. The average Bonchev–Trinajstić information content (AvgIpc) is 3.40. The number of rotatable bonds is 4. The Hall–Kier alpha value is -3.81. The fourth-order valence-electron chi connectivity index (χ4n) is 3.47. The first-order valence-electron chi connectivity index (χ1n) is 9.99. The number of benzene rings is 2. The van der Waals surface area contributed by atoms with Crippen LogP contribution in [0.4, 0.5) is 5.13 Å². The van der Waals surface area contributed by atoms with Crippen LogP contribution in [0.1, 0.15) is 11.1 Å². The SMILES string of the molecule is Cc1ccc2nc(NC(=O)CSC3=NC(c4ccccc4)=C(C#N)C4=NCC(=O)N34)sc2c1. The Morgan fingerprint density at radius 1 is 1.27 bits per heavy atom. The number of fused-ring (bicyclic) bond motifs is 2. The van der Waals surface area contributed by atoms with Crippen LogP contribution in [0.3, 0.4) is 0 Å². The van der Waals surface area contributed by atoms with Gasteiger partial charge in [0.15, 0.2) is 16.1 Å². The lowest BCUT2D eigenvalue weighted by Gasteiger charge is -2.24. The van der Waals surface area contributed by atoms with Crippen molar-refractivity contribution in [3.05, 3.63) is 65.2 Å². The van der Waals surface area contributed by atoms with Crippen LogP contribution in [0.15, 0.2) is 64.1 Å². The Labute approximate surface area is 197 Å². The van der Waals surface area contributed by atoms with Crippen LogP contribution in [0.25, 0.3) is 15.9 Å². The lowest BCUT2D eigenvalue weighted by molar-refractivity contribution is -0.122. The zero-order valence-electron chi connectivity index (χ0n) is 17.4. The van der Waals surface area contributed by atoms with Crippen molar-refractivity contribution in [3.8, 4) is 6.07 Å². The number of hydrogen-bond donors (Lipinski definition) is 1. The Bertz CT molecular complexity index is 1430. The van der Waals surface area contributed by atoms with Crippen LogP contribution < -0.4 is 5.32 Å². The number of amides is 2. The van der Waals surface area contributed by atoms with Gasteiger partial charge in [0.05, 0.1) is 21.7 Å². The number of thioether (sulfide) groups is 1. The molecule has 0 saturated heterocycles. The molecule has 0 aliphatic carbocycles. The quantitative estimate of drug-likeness (QED) is 0.621. The van der Waals surface area contributed by atoms with Gasteiger partial charge in [-0.05, 0) is 24.6 Å². The molecule has 0 bridgehead atoms. The summed E-state index contributed by atoms with van der Waals surface area (Å²) in [5, 5.41) is 13.4. The van der Waals surface area contributed by atoms with Gasteiger partial charge in [0, 0.05) is 5.56 Å². The van der Waals surface area contributed by atoms with E-state index in [1.54, 1.807) is 0 Å². The van der Waals surface area contributed by atoms with Gasteiger partial charge in [-0.25, -0.2) is 14.9 Å². The van der Waals surface area contributed by atoms with Crippen molar-refractivity contribution in [2.45, 2.75) is 6.92 Å². The predicted octanol–water partition coefficient (Wildman–Crippen LogP) is 3.82. The molecule has 3 aromatic rings. The van der Waals surface area contributed by atoms with E-state index in [1.165, 1.54) is 16.2 Å². The molecule has 8 nitrogen and oxygen atoms in total. The van der Waals surface area contributed by atoms with Crippen LogP contribution in [0.5, 0.6) is 0 Å². The second kappa shape index (κ2) is 8.61. The second-order valence-electron chi connectivity index (χ2n) is 7.29. The van der Waals surface area contributed by atoms with Crippen LogP contribution >= 0.6 is 23.1 Å². The molecule has 0 fully saturated rings. The molecule has 1 N–H and O–H groups in total. The van der Waals surface area contributed by atoms with Gasteiger partial charge in [0.2, 0.25) is 5.91 Å². The van der Waals surface area contributed by atoms with Crippen LogP contribution in [-0.2, 0) is 9.59 Å². The Balaban J connectivity index is 1.38. The summed E-state index contributed by atoms with van der Waals surface area (Å²) in [5.74, 6) is -0.242. The Kier molecular flexibility index (Phi) is 5.50. The van der Waals surface area contributed by atoms with Crippen molar-refractivity contribution >= 4 is 67.0 Å². The van der Waals surface area contributed by atoms with Gasteiger partial charge >= 0.3 is 0 Å². The van der Waals surface area contributed by atoms with Crippen molar-refractivity contribution < 1.29 is 9.59 Å². The number of nitriles is 1. The lowest BCUT2D eigenvalue weighted by atomic mass is 10.1. The highest BCUT2D eigenvalue weighted by molar-refractivity contribution is 8.14. The number of aliphatic imine (C=N–C) groups is 2. The lowest BCUT2D eigenvalue weighted by Crippen LogP contribution is -2.40. The smallest absolute Gasteiger partial charge is 0.256 e. The fraction of sp³-hybridized carbons (Fsp3) is 0.130. The summed E-state index contributed by atoms with van der Waals surface area (Å²) in [6.07, 6.45) is 0. The van der Waals surface area contributed by atoms with E-state index in [0.29, 0.717) is 16.0 Å². The van der Waals surface area contributed by atoms with Gasteiger partial charge < -0.3 is 5.32 Å². The van der Waals surface area contributed by atoms with Gasteiger partial charge in [0.25, 0.3) is 5.91 Å². The first kappa shape index (κ1) is 21.1. The molecular formula is C23H16N6O2S2. The molecule has 2 amide bonds. The number of nitrogens with zero attached hydrogens (tertiary/aromatic N) is 5. The highest BCUT2D eigenvalue weighted by Gasteiger charge is 2.37. The van der Waals surface area contributed by atoms with Crippen molar-refractivity contribution in [3.63, 3.8) is 0 Å². The first-order valence-corrected chi connectivity index (χ1v) is 11.8. The third-order valence-corrected chi connectivity index (χ3v) is 6.84. The van der Waals surface area contributed by atoms with E-state index in [1.807, 2.05) is 55.5 Å². The van der Waals surface area contributed by atoms with Crippen LogP contribution in [0.2, 0.25) is 0 Å². The minimum Gasteiger partial charge on any atom is -0.301 e. The molecule has 33 heavy (non-hydrogen) atoms. The monoisotopic (exact) mass is 472 g/mol. The van der Waals surface area contributed by atoms with E-state index in [4.69, 9.17) is 0 Å². The van der Waals surface area contributed by atoms with Crippen LogP contribution in [-0.4, -0.2) is 45.0 Å². The maximum absolute atomic E-state index is 12.6. The zero-order valence-corrected chi connectivity index (χ0v) is 19.0. The largest absolute Gasteiger partial charge is 0.301 e. The summed E-state index contributed by atoms with van der Waals surface area (Å²) in [6, 6.07) is 17.3. The number of carbonyl (C=O) groups excluding carboxylic acids is 2. The molecule has 2 aromatic carbocycles. The molecule has 1 aromatic heterocycles. The molecule has 2 aliphatic heterocycles. The molecule has 0 saturated carbocycles. The highest BCUT2D eigenvalue weighted by atomic mass is 32.2. The van der Waals surface area contributed by atoms with Gasteiger partial charge in [-0.1, -0.05) is 59.5 Å². The molecular weight excluding hydrogens is 456 g/mol. The van der Waals surface area contributed by atoms with Gasteiger partial charge in [-0.2, -0.15) is 5.26 Å². The van der Waals surface area contributed by atoms with E-state index in [0.717, 1.165) is 33.1 Å². The summed E-state index contributed by atoms with van der Waals surface area (Å²) in [5.41, 5.74) is 3.37. The predicted molar refractivity (Wildman–Crippen MR) is 131 cm³/mol. The number of nitrogens with one attached hydrogen (secondary N) is 1. The van der Waals surface area contributed by atoms with E-state index < -0.39 is 0 Å². The minimum absolute atomic E-state index is 0.0226. The van der Waals surface area contributed by atoms with E-state index >= 15 is 0 Å². The fourth-order valence-corrected chi connectivity index (χ4v) is 5.26. The molecule has 0 radical (unpaired) electrons. The van der Waals surface area contributed by atoms with Crippen molar-refractivity contribution in [2.24, 2.45) is 9.98 Å². The summed E-state index contributed by atoms with van der Waals surface area (Å²) in [6.45, 7) is 1.95. The average molecular weight is 473 g/mol. The minimum atomic E-state index is -0.280. The van der Waals surface area contributed by atoms with Crippen LogP contribution in [0, 0.1) is 18.3 Å². The topological polar surface area (TPSA) is 111 Å². The number of aromatic nitrogens is 1. The molecule has 0 spiro atoms. The first-order chi connectivity index (χ1) is 16.0. The number of aryl methyl sites for hydroxylation is 1. The maximum Gasteiger partial charge on any atom is 0.256 e. The van der Waals surface area contributed by atoms with Gasteiger partial charge in [-0.15, -0.1) is 0 Å². The van der Waals surface area contributed by atoms with E-state index in [9.17, 15) is 14.9 Å². The third-order valence-electron chi connectivity index (χ3n) is 4.97. The van der Waals surface area contributed by atoms with Crippen molar-refractivity contribution in [1.82, 2.24) is 9.88 Å². The molecule has 2 aliphatic rings. The summed E-state index contributed by atoms with van der Waals surface area (Å²) < 4.78 is 1.000. The van der Waals surface area contributed by atoms with Gasteiger partial charge in [-0.3, -0.25) is 14.6 Å². The molecule has 0 unspecified atom stereocenters. The summed E-state index contributed by atoms with van der Waals surface area (Å²) >= 11 is 2.53. The maximum atomic E-state index is 12.6. The molecule has 0 atom stereocenters. The zero-order chi connectivity index (χ0) is 22.9. The number of amidine groups is 2. The number of hydrogen-bond acceptors (Lipinski definition) is 8. The molecule has 162 valence electrons. The summed E-state index contributed by atoms with van der Waals surface area (Å²) in [7, 11) is 0. The normalized spacial score (nSPS) is 15.3. The van der Waals surface area contributed by atoms with Gasteiger partial charge in [0.1, 0.15) is 18.2 Å². The van der Waals surface area contributed by atoms with E-state index in [-0.39, 0.29) is 35.5 Å². The highest BCUT2D eigenvalue weighted by Crippen LogP contribution is 2.32. The van der Waals surface area contributed by atoms with Crippen molar-refractivity contribution in [1.29, 1.82) is 5.26 Å². The van der Waals surface area contributed by atoms with E-state index in [2.05, 4.69) is 26.4 Å². The standard InChI is InChI=1S/C23H16N6O2S2/c1-13-7-8-16-17(9-13)33-22(26-16)27-18(30)12-32-23-28-20(14-5-3-2-4-6-14)15(10-24)21-25-11-19(31)29(21)23/h2-9H,11-12H2,1H3,(H,26,27,30). The number of thiazole rings is 1. The third kappa shape index (κ3) is 4.04. The Morgan fingerprint density at radius 2 is 2.09 bits per heavy atom. The number of anilines is 1. The number of carbonyl (C=O) groups is 2.